The van der Waals surface area contributed by atoms with Gasteiger partial charge in [-0.1, -0.05) is 29.3 Å². The van der Waals surface area contributed by atoms with Crippen LogP contribution in [0.4, 0.5) is 0 Å². The molecule has 0 radical (unpaired) electrons. The molecule has 90 valence electrons. The molecule has 0 aliphatic heterocycles. The molecular weight excluding hydrogens is 210 g/mol. The second-order valence-corrected chi connectivity index (χ2v) is 4.54. The molecule has 1 aromatic carbocycles. The Morgan fingerprint density at radius 1 is 1.18 bits per heavy atom. The van der Waals surface area contributed by atoms with E-state index in [0.717, 1.165) is 5.82 Å². The molecule has 1 N–H and O–H groups in total. The van der Waals surface area contributed by atoms with Crippen LogP contribution in [0.25, 0.3) is 0 Å². The number of aromatic nitrogens is 2. The van der Waals surface area contributed by atoms with Crippen molar-refractivity contribution >= 4 is 0 Å². The first-order chi connectivity index (χ1) is 8.11. The Balaban J connectivity index is 2.45. The van der Waals surface area contributed by atoms with Crippen molar-refractivity contribution in [3.05, 3.63) is 53.1 Å². The number of hydrogen-bond donors (Lipinski definition) is 1. The highest BCUT2D eigenvalue weighted by atomic mass is 15.1. The highest BCUT2D eigenvalue weighted by Crippen LogP contribution is 2.22. The van der Waals surface area contributed by atoms with Gasteiger partial charge in [-0.05, 0) is 26.5 Å². The summed E-state index contributed by atoms with van der Waals surface area (Å²) in [4.78, 5) is 4.42. The lowest BCUT2D eigenvalue weighted by Gasteiger charge is -2.17. The Hall–Kier alpha value is -1.61. The van der Waals surface area contributed by atoms with Crippen molar-refractivity contribution in [3.63, 3.8) is 0 Å². The Labute approximate surface area is 103 Å². The summed E-state index contributed by atoms with van der Waals surface area (Å²) in [6, 6.07) is 6.76. The largest absolute Gasteiger partial charge is 0.336 e. The van der Waals surface area contributed by atoms with Crippen molar-refractivity contribution in [2.24, 2.45) is 7.05 Å². The molecule has 17 heavy (non-hydrogen) atoms. The van der Waals surface area contributed by atoms with E-state index in [2.05, 4.69) is 46.9 Å². The van der Waals surface area contributed by atoms with E-state index in [-0.39, 0.29) is 6.04 Å². The highest BCUT2D eigenvalue weighted by molar-refractivity contribution is 5.33. The first-order valence-corrected chi connectivity index (χ1v) is 5.84. The standard InChI is InChI=1S/C14H19N3/c1-10-7-11(2)9-12(8-10)13(15-3)14-16-5-6-17(14)4/h5-9,13,15H,1-4H3. The lowest BCUT2D eigenvalue weighted by atomic mass is 10.0. The van der Waals surface area contributed by atoms with Gasteiger partial charge in [0.25, 0.3) is 0 Å². The van der Waals surface area contributed by atoms with Crippen LogP contribution in [0.1, 0.15) is 28.6 Å². The van der Waals surface area contributed by atoms with Crippen molar-refractivity contribution in [1.82, 2.24) is 14.9 Å². The molecule has 0 amide bonds. The summed E-state index contributed by atoms with van der Waals surface area (Å²) in [6.07, 6.45) is 3.81. The molecule has 1 heterocycles. The average Bonchev–Trinajstić information content (AvgIpc) is 2.65. The van der Waals surface area contributed by atoms with E-state index < -0.39 is 0 Å². The van der Waals surface area contributed by atoms with Crippen molar-refractivity contribution in [2.75, 3.05) is 7.05 Å². The predicted octanol–water partition coefficient (Wildman–Crippen LogP) is 2.35. The Bertz CT molecular complexity index is 494. The minimum absolute atomic E-state index is 0.147. The summed E-state index contributed by atoms with van der Waals surface area (Å²) in [6.45, 7) is 4.25. The van der Waals surface area contributed by atoms with Gasteiger partial charge in [-0.25, -0.2) is 4.98 Å². The van der Waals surface area contributed by atoms with Crippen LogP contribution in [0.3, 0.4) is 0 Å². The molecule has 1 atom stereocenters. The Morgan fingerprint density at radius 3 is 2.29 bits per heavy atom. The number of rotatable bonds is 3. The summed E-state index contributed by atoms with van der Waals surface area (Å²) in [5.74, 6) is 1.04. The van der Waals surface area contributed by atoms with Gasteiger partial charge in [0, 0.05) is 19.4 Å². The predicted molar refractivity (Wildman–Crippen MR) is 70.0 cm³/mol. The third kappa shape index (κ3) is 2.39. The van der Waals surface area contributed by atoms with Gasteiger partial charge in [-0.15, -0.1) is 0 Å². The maximum Gasteiger partial charge on any atom is 0.130 e. The SMILES string of the molecule is CNC(c1cc(C)cc(C)c1)c1nccn1C. The number of nitrogens with zero attached hydrogens (tertiary/aromatic N) is 2. The van der Waals surface area contributed by atoms with Gasteiger partial charge < -0.3 is 9.88 Å². The van der Waals surface area contributed by atoms with E-state index in [1.807, 2.05) is 26.5 Å². The van der Waals surface area contributed by atoms with Crippen molar-refractivity contribution < 1.29 is 0 Å². The summed E-state index contributed by atoms with van der Waals surface area (Å²) in [5.41, 5.74) is 3.84. The zero-order valence-electron chi connectivity index (χ0n) is 10.9. The molecule has 0 bridgehead atoms. The van der Waals surface area contributed by atoms with E-state index in [9.17, 15) is 0 Å². The molecule has 0 aliphatic carbocycles. The van der Waals surface area contributed by atoms with E-state index in [1.54, 1.807) is 0 Å². The molecule has 1 unspecified atom stereocenters. The second kappa shape index (κ2) is 4.72. The Morgan fingerprint density at radius 2 is 1.82 bits per heavy atom. The van der Waals surface area contributed by atoms with Gasteiger partial charge in [0.05, 0.1) is 6.04 Å². The molecule has 0 fully saturated rings. The summed E-state index contributed by atoms with van der Waals surface area (Å²) < 4.78 is 2.05. The van der Waals surface area contributed by atoms with E-state index in [0.29, 0.717) is 0 Å². The zero-order chi connectivity index (χ0) is 12.4. The normalized spacial score (nSPS) is 12.7. The van der Waals surface area contributed by atoms with Crippen LogP contribution in [0.5, 0.6) is 0 Å². The van der Waals surface area contributed by atoms with Gasteiger partial charge in [-0.3, -0.25) is 0 Å². The van der Waals surface area contributed by atoms with Gasteiger partial charge in [0.15, 0.2) is 0 Å². The molecule has 2 aromatic rings. The summed E-state index contributed by atoms with van der Waals surface area (Å²) in [7, 11) is 3.99. The quantitative estimate of drug-likeness (QED) is 0.875. The first-order valence-electron chi connectivity index (χ1n) is 5.84. The summed E-state index contributed by atoms with van der Waals surface area (Å²) >= 11 is 0. The fourth-order valence-corrected chi connectivity index (χ4v) is 2.28. The minimum atomic E-state index is 0.147. The second-order valence-electron chi connectivity index (χ2n) is 4.54. The average molecular weight is 229 g/mol. The van der Waals surface area contributed by atoms with Crippen LogP contribution in [0.15, 0.2) is 30.6 Å². The molecule has 2 rings (SSSR count). The van der Waals surface area contributed by atoms with Gasteiger partial charge >= 0.3 is 0 Å². The zero-order valence-corrected chi connectivity index (χ0v) is 10.9. The van der Waals surface area contributed by atoms with Crippen LogP contribution in [0, 0.1) is 13.8 Å². The molecule has 0 spiro atoms. The Kier molecular flexibility index (Phi) is 3.29. The van der Waals surface area contributed by atoms with E-state index in [1.165, 1.54) is 16.7 Å². The lowest BCUT2D eigenvalue weighted by Crippen LogP contribution is -2.21. The molecule has 0 aliphatic rings. The number of hydrogen-bond acceptors (Lipinski definition) is 2. The van der Waals surface area contributed by atoms with E-state index >= 15 is 0 Å². The third-order valence-electron chi connectivity index (χ3n) is 2.98. The fourth-order valence-electron chi connectivity index (χ4n) is 2.28. The fraction of sp³-hybridized carbons (Fsp3) is 0.357. The van der Waals surface area contributed by atoms with Crippen molar-refractivity contribution in [1.29, 1.82) is 0 Å². The van der Waals surface area contributed by atoms with Crippen LogP contribution in [-0.2, 0) is 7.05 Å². The molecule has 0 saturated heterocycles. The van der Waals surface area contributed by atoms with E-state index in [4.69, 9.17) is 0 Å². The number of nitrogens with one attached hydrogen (secondary N) is 1. The van der Waals surface area contributed by atoms with Crippen LogP contribution >= 0.6 is 0 Å². The molecule has 3 heteroatoms. The third-order valence-corrected chi connectivity index (χ3v) is 2.98. The topological polar surface area (TPSA) is 29.9 Å². The van der Waals surface area contributed by atoms with Crippen molar-refractivity contribution in [3.8, 4) is 0 Å². The van der Waals surface area contributed by atoms with Crippen molar-refractivity contribution in [2.45, 2.75) is 19.9 Å². The van der Waals surface area contributed by atoms with Crippen LogP contribution < -0.4 is 5.32 Å². The first kappa shape index (κ1) is 11.9. The molecule has 3 nitrogen and oxygen atoms in total. The highest BCUT2D eigenvalue weighted by Gasteiger charge is 2.16. The maximum atomic E-state index is 4.42. The maximum absolute atomic E-state index is 4.42. The van der Waals surface area contributed by atoms with Gasteiger partial charge in [0.1, 0.15) is 5.82 Å². The molecular formula is C14H19N3. The summed E-state index contributed by atoms with van der Waals surface area (Å²) in [5, 5.41) is 3.33. The van der Waals surface area contributed by atoms with Gasteiger partial charge in [0.2, 0.25) is 0 Å². The lowest BCUT2D eigenvalue weighted by molar-refractivity contribution is 0.616. The minimum Gasteiger partial charge on any atom is -0.336 e. The number of imidazole rings is 1. The number of benzene rings is 1. The molecule has 0 saturated carbocycles. The smallest absolute Gasteiger partial charge is 0.130 e. The van der Waals surface area contributed by atoms with Crippen LogP contribution in [-0.4, -0.2) is 16.6 Å². The monoisotopic (exact) mass is 229 g/mol. The number of aryl methyl sites for hydroxylation is 3. The van der Waals surface area contributed by atoms with Crippen LogP contribution in [0.2, 0.25) is 0 Å². The molecule has 1 aromatic heterocycles. The van der Waals surface area contributed by atoms with Gasteiger partial charge in [-0.2, -0.15) is 0 Å².